The summed E-state index contributed by atoms with van der Waals surface area (Å²) in [6, 6.07) is 0. The van der Waals surface area contributed by atoms with Crippen LogP contribution in [0.4, 0.5) is 5.82 Å². The van der Waals surface area contributed by atoms with Crippen molar-refractivity contribution in [1.82, 2.24) is 9.55 Å². The summed E-state index contributed by atoms with van der Waals surface area (Å²) in [5.41, 5.74) is 2.31. The first-order chi connectivity index (χ1) is 8.27. The zero-order valence-corrected chi connectivity index (χ0v) is 10.8. The number of nitrogens with zero attached hydrogens (tertiary/aromatic N) is 2. The normalized spacial score (nSPS) is 15.9. The number of aryl methyl sites for hydroxylation is 1. The maximum Gasteiger partial charge on any atom is 0.293 e. The Balaban J connectivity index is 2.55. The van der Waals surface area contributed by atoms with Crippen molar-refractivity contribution in [2.45, 2.75) is 52.0 Å². The molecule has 0 saturated heterocycles. The van der Waals surface area contributed by atoms with Crippen LogP contribution < -0.4 is 10.9 Å². The van der Waals surface area contributed by atoms with Crippen LogP contribution >= 0.6 is 0 Å². The van der Waals surface area contributed by atoms with Crippen LogP contribution in [0.25, 0.3) is 0 Å². The molecule has 1 aliphatic carbocycles. The Kier molecular flexibility index (Phi) is 3.82. The van der Waals surface area contributed by atoms with Gasteiger partial charge < -0.3 is 9.88 Å². The SMILES string of the molecule is CCn1c2c(nc(NC)c1=O)CCCCCC2. The first-order valence-corrected chi connectivity index (χ1v) is 6.58. The van der Waals surface area contributed by atoms with E-state index in [1.165, 1.54) is 25.7 Å². The number of rotatable bonds is 2. The molecule has 0 saturated carbocycles. The molecule has 0 spiro atoms. The van der Waals surface area contributed by atoms with Crippen LogP contribution in [0.15, 0.2) is 4.79 Å². The maximum absolute atomic E-state index is 12.1. The molecule has 17 heavy (non-hydrogen) atoms. The van der Waals surface area contributed by atoms with Gasteiger partial charge in [-0.3, -0.25) is 4.79 Å². The van der Waals surface area contributed by atoms with Gasteiger partial charge >= 0.3 is 0 Å². The molecule has 4 heteroatoms. The molecule has 1 aromatic heterocycles. The highest BCUT2D eigenvalue weighted by Gasteiger charge is 2.16. The summed E-state index contributed by atoms with van der Waals surface area (Å²) in [6.07, 6.45) is 6.91. The van der Waals surface area contributed by atoms with Crippen molar-refractivity contribution < 1.29 is 0 Å². The van der Waals surface area contributed by atoms with Gasteiger partial charge in [-0.15, -0.1) is 0 Å². The standard InChI is InChI=1S/C13H21N3O/c1-3-16-11-9-7-5-4-6-8-10(11)15-12(14-2)13(16)17/h3-9H2,1-2H3,(H,14,15). The Labute approximate surface area is 102 Å². The molecule has 0 aliphatic heterocycles. The van der Waals surface area contributed by atoms with E-state index in [-0.39, 0.29) is 5.56 Å². The summed E-state index contributed by atoms with van der Waals surface area (Å²) in [5, 5.41) is 2.91. The van der Waals surface area contributed by atoms with Crippen molar-refractivity contribution in [3.05, 3.63) is 21.7 Å². The molecule has 1 aromatic rings. The fourth-order valence-electron chi connectivity index (χ4n) is 2.57. The van der Waals surface area contributed by atoms with Crippen LogP contribution in [-0.4, -0.2) is 16.6 Å². The summed E-state index contributed by atoms with van der Waals surface area (Å²) in [4.78, 5) is 16.6. The highest BCUT2D eigenvalue weighted by molar-refractivity contribution is 5.34. The van der Waals surface area contributed by atoms with Crippen LogP contribution in [0.5, 0.6) is 0 Å². The highest BCUT2D eigenvalue weighted by atomic mass is 16.1. The van der Waals surface area contributed by atoms with Gasteiger partial charge in [-0.25, -0.2) is 4.98 Å². The summed E-state index contributed by atoms with van der Waals surface area (Å²) in [7, 11) is 1.76. The molecule has 1 heterocycles. The third-order valence-electron chi connectivity index (χ3n) is 3.48. The molecule has 0 amide bonds. The molecule has 0 bridgehead atoms. The third-order valence-corrected chi connectivity index (χ3v) is 3.48. The molecular weight excluding hydrogens is 214 g/mol. The molecule has 0 unspecified atom stereocenters. The van der Waals surface area contributed by atoms with Gasteiger partial charge in [0.1, 0.15) is 0 Å². The second-order valence-electron chi connectivity index (χ2n) is 4.57. The van der Waals surface area contributed by atoms with E-state index in [0.29, 0.717) is 5.82 Å². The summed E-state index contributed by atoms with van der Waals surface area (Å²) in [6.45, 7) is 2.76. The van der Waals surface area contributed by atoms with Crippen molar-refractivity contribution >= 4 is 5.82 Å². The molecule has 0 fully saturated rings. The quantitative estimate of drug-likeness (QED) is 0.852. The van der Waals surface area contributed by atoms with E-state index in [0.717, 1.165) is 30.8 Å². The molecule has 94 valence electrons. The lowest BCUT2D eigenvalue weighted by molar-refractivity contribution is 0.560. The second kappa shape index (κ2) is 5.34. The fourth-order valence-corrected chi connectivity index (χ4v) is 2.57. The molecule has 1 aliphatic rings. The Hall–Kier alpha value is -1.32. The first-order valence-electron chi connectivity index (χ1n) is 6.58. The number of anilines is 1. The van der Waals surface area contributed by atoms with Crippen LogP contribution in [0, 0.1) is 0 Å². The van der Waals surface area contributed by atoms with Gasteiger partial charge in [0.25, 0.3) is 5.56 Å². The molecule has 1 N–H and O–H groups in total. The number of hydrogen-bond donors (Lipinski definition) is 1. The van der Waals surface area contributed by atoms with Crippen molar-refractivity contribution in [2.75, 3.05) is 12.4 Å². The number of aromatic nitrogens is 2. The van der Waals surface area contributed by atoms with Crippen molar-refractivity contribution in [2.24, 2.45) is 0 Å². The summed E-state index contributed by atoms with van der Waals surface area (Å²) in [5.74, 6) is 0.492. The van der Waals surface area contributed by atoms with Crippen LogP contribution in [0.1, 0.15) is 44.0 Å². The van der Waals surface area contributed by atoms with Gasteiger partial charge in [-0.2, -0.15) is 0 Å². The number of nitrogens with one attached hydrogen (secondary N) is 1. The van der Waals surface area contributed by atoms with E-state index in [4.69, 9.17) is 0 Å². The first kappa shape index (κ1) is 12.1. The molecule has 2 rings (SSSR count). The Morgan fingerprint density at radius 2 is 1.94 bits per heavy atom. The molecular formula is C13H21N3O. The molecule has 4 nitrogen and oxygen atoms in total. The monoisotopic (exact) mass is 235 g/mol. The number of fused-ring (bicyclic) bond motifs is 1. The van der Waals surface area contributed by atoms with Gasteiger partial charge in [0.05, 0.1) is 5.69 Å². The minimum absolute atomic E-state index is 0.0225. The predicted molar refractivity (Wildman–Crippen MR) is 69.6 cm³/mol. The van der Waals surface area contributed by atoms with Gasteiger partial charge in [-0.05, 0) is 32.6 Å². The zero-order valence-electron chi connectivity index (χ0n) is 10.8. The van der Waals surface area contributed by atoms with E-state index in [2.05, 4.69) is 10.3 Å². The van der Waals surface area contributed by atoms with E-state index in [1.54, 1.807) is 7.05 Å². The topological polar surface area (TPSA) is 46.9 Å². The smallest absolute Gasteiger partial charge is 0.293 e. The minimum Gasteiger partial charge on any atom is -0.369 e. The van der Waals surface area contributed by atoms with Crippen LogP contribution in [0.2, 0.25) is 0 Å². The lowest BCUT2D eigenvalue weighted by Crippen LogP contribution is -2.29. The van der Waals surface area contributed by atoms with Gasteiger partial charge in [0.2, 0.25) is 0 Å². The zero-order chi connectivity index (χ0) is 12.3. The van der Waals surface area contributed by atoms with Crippen molar-refractivity contribution in [3.8, 4) is 0 Å². The van der Waals surface area contributed by atoms with Gasteiger partial charge in [0, 0.05) is 19.3 Å². The Morgan fingerprint density at radius 1 is 1.24 bits per heavy atom. The summed E-state index contributed by atoms with van der Waals surface area (Å²) < 4.78 is 1.89. The lowest BCUT2D eigenvalue weighted by atomic mass is 10.0. The van der Waals surface area contributed by atoms with Gasteiger partial charge in [-0.1, -0.05) is 12.8 Å². The maximum atomic E-state index is 12.1. The van der Waals surface area contributed by atoms with E-state index >= 15 is 0 Å². The minimum atomic E-state index is 0.0225. The van der Waals surface area contributed by atoms with E-state index in [1.807, 2.05) is 11.5 Å². The number of hydrogen-bond acceptors (Lipinski definition) is 3. The molecule has 0 atom stereocenters. The average Bonchev–Trinajstić information content (AvgIpc) is 2.31. The lowest BCUT2D eigenvalue weighted by Gasteiger charge is -2.19. The van der Waals surface area contributed by atoms with Gasteiger partial charge in [0.15, 0.2) is 5.82 Å². The van der Waals surface area contributed by atoms with Crippen molar-refractivity contribution in [3.63, 3.8) is 0 Å². The molecule has 0 aromatic carbocycles. The summed E-state index contributed by atoms with van der Waals surface area (Å²) >= 11 is 0. The van der Waals surface area contributed by atoms with E-state index < -0.39 is 0 Å². The highest BCUT2D eigenvalue weighted by Crippen LogP contribution is 2.18. The van der Waals surface area contributed by atoms with Crippen molar-refractivity contribution in [1.29, 1.82) is 0 Å². The van der Waals surface area contributed by atoms with Crippen LogP contribution in [-0.2, 0) is 19.4 Å². The largest absolute Gasteiger partial charge is 0.369 e. The van der Waals surface area contributed by atoms with E-state index in [9.17, 15) is 4.79 Å². The molecule has 0 radical (unpaired) electrons. The Morgan fingerprint density at radius 3 is 2.59 bits per heavy atom. The Bertz CT molecular complexity index is 451. The average molecular weight is 235 g/mol. The second-order valence-corrected chi connectivity index (χ2v) is 4.57. The predicted octanol–water partition coefficient (Wildman–Crippen LogP) is 1.96. The third kappa shape index (κ3) is 2.35. The fraction of sp³-hybridized carbons (Fsp3) is 0.692. The van der Waals surface area contributed by atoms with Crippen LogP contribution in [0.3, 0.4) is 0 Å².